The summed E-state index contributed by atoms with van der Waals surface area (Å²) in [6.07, 6.45) is 3.92. The molecule has 2 N–H and O–H groups in total. The van der Waals surface area contributed by atoms with E-state index >= 15 is 0 Å². The molecule has 0 amide bonds. The molecule has 0 bridgehead atoms. The standard InChI is InChI=1S/C25H31BrN2O3S/c1-3-25(19-7-5-9-21(11-19)27-32(2,30)31)22-15-28(16-23(22)25)14-17-12-24(29,13-17)18-6-4-8-20(26)10-18/h4-11,17,22-23,27,29H,3,12-16H2,1-2H3. The molecule has 0 spiro atoms. The number of likely N-dealkylation sites (tertiary alicyclic amines) is 1. The van der Waals surface area contributed by atoms with Gasteiger partial charge in [0.2, 0.25) is 10.0 Å². The lowest BCUT2D eigenvalue weighted by molar-refractivity contribution is -0.0872. The Balaban J connectivity index is 1.20. The molecule has 2 aromatic rings. The highest BCUT2D eigenvalue weighted by molar-refractivity contribution is 9.10. The van der Waals surface area contributed by atoms with Crippen LogP contribution in [0, 0.1) is 17.8 Å². The molecule has 2 aliphatic carbocycles. The van der Waals surface area contributed by atoms with Crippen molar-refractivity contribution in [3.05, 3.63) is 64.1 Å². The molecule has 5 rings (SSSR count). The predicted molar refractivity (Wildman–Crippen MR) is 131 cm³/mol. The second-order valence-electron chi connectivity index (χ2n) is 10.1. The Bertz CT molecular complexity index is 1120. The van der Waals surface area contributed by atoms with Crippen LogP contribution in [0.4, 0.5) is 5.69 Å². The van der Waals surface area contributed by atoms with E-state index < -0.39 is 15.6 Å². The van der Waals surface area contributed by atoms with E-state index in [0.717, 1.165) is 48.9 Å². The van der Waals surface area contributed by atoms with Crippen LogP contribution in [0.25, 0.3) is 0 Å². The van der Waals surface area contributed by atoms with Crippen molar-refractivity contribution >= 4 is 31.6 Å². The molecule has 2 saturated carbocycles. The molecular weight excluding hydrogens is 488 g/mol. The summed E-state index contributed by atoms with van der Waals surface area (Å²) in [5.41, 5.74) is 2.41. The van der Waals surface area contributed by atoms with Gasteiger partial charge in [-0.2, -0.15) is 0 Å². The van der Waals surface area contributed by atoms with Gasteiger partial charge in [0.15, 0.2) is 0 Å². The van der Waals surface area contributed by atoms with Gasteiger partial charge in [-0.1, -0.05) is 47.1 Å². The maximum absolute atomic E-state index is 11.6. The number of nitrogens with zero attached hydrogens (tertiary/aromatic N) is 1. The molecule has 32 heavy (non-hydrogen) atoms. The monoisotopic (exact) mass is 518 g/mol. The average Bonchev–Trinajstić information content (AvgIpc) is 3.08. The van der Waals surface area contributed by atoms with Crippen LogP contribution in [0.3, 0.4) is 0 Å². The molecule has 5 nitrogen and oxygen atoms in total. The van der Waals surface area contributed by atoms with Crippen LogP contribution in [-0.4, -0.2) is 44.3 Å². The molecule has 7 heteroatoms. The van der Waals surface area contributed by atoms with Crippen LogP contribution in [0.15, 0.2) is 53.0 Å². The number of halogens is 1. The lowest BCUT2D eigenvalue weighted by Gasteiger charge is -2.46. The molecule has 0 aromatic heterocycles. The van der Waals surface area contributed by atoms with Gasteiger partial charge in [0.1, 0.15) is 0 Å². The first-order valence-electron chi connectivity index (χ1n) is 11.4. The van der Waals surface area contributed by atoms with Gasteiger partial charge in [0.25, 0.3) is 0 Å². The van der Waals surface area contributed by atoms with Crippen molar-refractivity contribution in [3.8, 4) is 0 Å². The molecule has 0 radical (unpaired) electrons. The van der Waals surface area contributed by atoms with E-state index in [4.69, 9.17) is 0 Å². The predicted octanol–water partition coefficient (Wildman–Crippen LogP) is 4.33. The smallest absolute Gasteiger partial charge is 0.229 e. The number of fused-ring (bicyclic) bond motifs is 1. The third-order valence-electron chi connectivity index (χ3n) is 8.03. The van der Waals surface area contributed by atoms with Gasteiger partial charge in [0, 0.05) is 35.2 Å². The van der Waals surface area contributed by atoms with Crippen molar-refractivity contribution in [3.63, 3.8) is 0 Å². The number of hydrogen-bond donors (Lipinski definition) is 2. The molecule has 3 aliphatic rings. The van der Waals surface area contributed by atoms with Crippen LogP contribution in [0.5, 0.6) is 0 Å². The molecule has 172 valence electrons. The van der Waals surface area contributed by atoms with E-state index in [1.54, 1.807) is 0 Å². The number of benzene rings is 2. The van der Waals surface area contributed by atoms with Gasteiger partial charge < -0.3 is 10.0 Å². The van der Waals surface area contributed by atoms with Gasteiger partial charge in [-0.25, -0.2) is 8.42 Å². The molecule has 2 aromatic carbocycles. The van der Waals surface area contributed by atoms with Gasteiger partial charge in [-0.3, -0.25) is 4.72 Å². The number of nitrogens with one attached hydrogen (secondary N) is 1. The van der Waals surface area contributed by atoms with Crippen LogP contribution in [0.2, 0.25) is 0 Å². The van der Waals surface area contributed by atoms with Crippen molar-refractivity contribution < 1.29 is 13.5 Å². The van der Waals surface area contributed by atoms with E-state index in [1.807, 2.05) is 42.5 Å². The molecule has 2 atom stereocenters. The number of anilines is 1. The Morgan fingerprint density at radius 3 is 2.38 bits per heavy atom. The SMILES string of the molecule is CCC1(c2cccc(NS(C)(=O)=O)c2)C2CN(CC3CC(O)(c4cccc(Br)c4)C3)CC21. The van der Waals surface area contributed by atoms with Crippen LogP contribution in [-0.2, 0) is 21.0 Å². The highest BCUT2D eigenvalue weighted by Crippen LogP contribution is 2.65. The first kappa shape index (κ1) is 22.4. The zero-order valence-corrected chi connectivity index (χ0v) is 21.0. The summed E-state index contributed by atoms with van der Waals surface area (Å²) in [4.78, 5) is 2.58. The highest BCUT2D eigenvalue weighted by atomic mass is 79.9. The Kier molecular flexibility index (Phi) is 5.48. The minimum absolute atomic E-state index is 0.169. The molecule has 1 aliphatic heterocycles. The fourth-order valence-corrected chi connectivity index (χ4v) is 7.57. The summed E-state index contributed by atoms with van der Waals surface area (Å²) >= 11 is 3.51. The second-order valence-corrected chi connectivity index (χ2v) is 12.8. The Morgan fingerprint density at radius 1 is 1.09 bits per heavy atom. The third kappa shape index (κ3) is 3.91. The number of sulfonamides is 1. The van der Waals surface area contributed by atoms with Crippen LogP contribution < -0.4 is 4.72 Å². The summed E-state index contributed by atoms with van der Waals surface area (Å²) in [5.74, 6) is 1.80. The van der Waals surface area contributed by atoms with E-state index in [-0.39, 0.29) is 5.41 Å². The number of hydrogen-bond acceptors (Lipinski definition) is 4. The summed E-state index contributed by atoms with van der Waals surface area (Å²) in [5, 5.41) is 11.0. The van der Waals surface area contributed by atoms with Crippen molar-refractivity contribution in [1.29, 1.82) is 0 Å². The van der Waals surface area contributed by atoms with Crippen molar-refractivity contribution in [2.75, 3.05) is 30.6 Å². The van der Waals surface area contributed by atoms with Crippen molar-refractivity contribution in [2.45, 2.75) is 37.2 Å². The van der Waals surface area contributed by atoms with E-state index in [1.165, 1.54) is 11.8 Å². The Hall–Kier alpha value is -1.41. The summed E-state index contributed by atoms with van der Waals surface area (Å²) in [6, 6.07) is 16.0. The number of rotatable bonds is 7. The van der Waals surface area contributed by atoms with Gasteiger partial charge in [-0.15, -0.1) is 0 Å². The van der Waals surface area contributed by atoms with E-state index in [0.29, 0.717) is 23.4 Å². The molecule has 3 fully saturated rings. The third-order valence-corrected chi connectivity index (χ3v) is 9.13. The summed E-state index contributed by atoms with van der Waals surface area (Å²) in [6.45, 7) is 5.49. The van der Waals surface area contributed by atoms with Crippen molar-refractivity contribution in [1.82, 2.24) is 4.90 Å². The van der Waals surface area contributed by atoms with Crippen LogP contribution >= 0.6 is 15.9 Å². The lowest BCUT2D eigenvalue weighted by atomic mass is 9.67. The largest absolute Gasteiger partial charge is 0.385 e. The maximum atomic E-state index is 11.6. The topological polar surface area (TPSA) is 69.6 Å². The number of aliphatic hydroxyl groups is 1. The van der Waals surface area contributed by atoms with Gasteiger partial charge in [-0.05, 0) is 72.4 Å². The summed E-state index contributed by atoms with van der Waals surface area (Å²) < 4.78 is 26.9. The normalized spacial score (nSPS) is 34.1. The quantitative estimate of drug-likeness (QED) is 0.572. The van der Waals surface area contributed by atoms with Crippen molar-refractivity contribution in [2.24, 2.45) is 17.8 Å². The highest BCUT2D eigenvalue weighted by Gasteiger charge is 2.67. The first-order chi connectivity index (χ1) is 15.1. The van der Waals surface area contributed by atoms with Gasteiger partial charge >= 0.3 is 0 Å². The van der Waals surface area contributed by atoms with E-state index in [9.17, 15) is 13.5 Å². The Labute approximate surface area is 199 Å². The average molecular weight is 520 g/mol. The van der Waals surface area contributed by atoms with Crippen LogP contribution in [0.1, 0.15) is 37.3 Å². The molecule has 1 saturated heterocycles. The fraction of sp³-hybridized carbons (Fsp3) is 0.520. The lowest BCUT2D eigenvalue weighted by Crippen LogP contribution is -2.46. The number of piperidine rings is 1. The minimum Gasteiger partial charge on any atom is -0.385 e. The maximum Gasteiger partial charge on any atom is 0.229 e. The molecule has 1 heterocycles. The Morgan fingerprint density at radius 2 is 1.75 bits per heavy atom. The first-order valence-corrected chi connectivity index (χ1v) is 14.1. The zero-order valence-electron chi connectivity index (χ0n) is 18.6. The van der Waals surface area contributed by atoms with E-state index in [2.05, 4.69) is 38.5 Å². The second kappa shape index (κ2) is 7.83. The minimum atomic E-state index is -3.28. The molecule has 2 unspecified atom stereocenters. The summed E-state index contributed by atoms with van der Waals surface area (Å²) in [7, 11) is -3.28. The zero-order chi connectivity index (χ0) is 22.7. The molecular formula is C25H31BrN2O3S. The van der Waals surface area contributed by atoms with Gasteiger partial charge in [0.05, 0.1) is 11.9 Å². The fourth-order valence-electron chi connectivity index (χ4n) is 6.61.